The van der Waals surface area contributed by atoms with Crippen molar-refractivity contribution in [2.24, 2.45) is 5.92 Å². The van der Waals surface area contributed by atoms with Gasteiger partial charge in [-0.15, -0.1) is 0 Å². The van der Waals surface area contributed by atoms with Crippen molar-refractivity contribution < 1.29 is 23.9 Å². The van der Waals surface area contributed by atoms with E-state index in [2.05, 4.69) is 10.6 Å². The van der Waals surface area contributed by atoms with E-state index in [0.717, 1.165) is 5.56 Å². The number of rotatable bonds is 7. The van der Waals surface area contributed by atoms with Gasteiger partial charge in [-0.25, -0.2) is 9.59 Å². The molecule has 0 aliphatic carbocycles. The fourth-order valence-electron chi connectivity index (χ4n) is 2.39. The van der Waals surface area contributed by atoms with Gasteiger partial charge in [-0.1, -0.05) is 44.2 Å². The van der Waals surface area contributed by atoms with Gasteiger partial charge in [0.1, 0.15) is 17.7 Å². The van der Waals surface area contributed by atoms with Crippen LogP contribution < -0.4 is 10.6 Å². The third-order valence-electron chi connectivity index (χ3n) is 3.71. The fraction of sp³-hybridized carbons (Fsp3) is 0.550. The topological polar surface area (TPSA) is 93.7 Å². The Kier molecular flexibility index (Phi) is 8.28. The number of hydrogen-bond acceptors (Lipinski definition) is 5. The van der Waals surface area contributed by atoms with E-state index in [1.165, 1.54) is 7.11 Å². The van der Waals surface area contributed by atoms with Crippen molar-refractivity contribution in [2.75, 3.05) is 7.11 Å². The van der Waals surface area contributed by atoms with E-state index in [-0.39, 0.29) is 12.3 Å². The molecule has 0 saturated heterocycles. The fourth-order valence-corrected chi connectivity index (χ4v) is 2.39. The van der Waals surface area contributed by atoms with Crippen LogP contribution in [-0.2, 0) is 25.5 Å². The normalized spacial score (nSPS) is 13.4. The Morgan fingerprint density at radius 1 is 1.04 bits per heavy atom. The average molecular weight is 378 g/mol. The van der Waals surface area contributed by atoms with Crippen LogP contribution in [-0.4, -0.2) is 42.8 Å². The highest BCUT2D eigenvalue weighted by Crippen LogP contribution is 2.10. The molecule has 0 aromatic heterocycles. The highest BCUT2D eigenvalue weighted by atomic mass is 16.6. The van der Waals surface area contributed by atoms with Crippen LogP contribution in [0.15, 0.2) is 30.3 Å². The van der Waals surface area contributed by atoms with Crippen molar-refractivity contribution in [3.05, 3.63) is 35.9 Å². The molecule has 0 aliphatic heterocycles. The molecule has 1 aromatic carbocycles. The minimum atomic E-state index is -0.895. The van der Waals surface area contributed by atoms with Gasteiger partial charge in [-0.05, 0) is 32.3 Å². The Morgan fingerprint density at radius 2 is 1.63 bits per heavy atom. The molecular formula is C20H30N2O5. The molecule has 0 aliphatic rings. The number of amides is 2. The van der Waals surface area contributed by atoms with E-state index in [9.17, 15) is 14.4 Å². The van der Waals surface area contributed by atoms with Crippen LogP contribution in [0.1, 0.15) is 40.2 Å². The molecular weight excluding hydrogens is 348 g/mol. The predicted molar refractivity (Wildman–Crippen MR) is 102 cm³/mol. The number of carbonyl (C=O) groups excluding carboxylic acids is 3. The summed E-state index contributed by atoms with van der Waals surface area (Å²) in [6.07, 6.45) is -0.435. The van der Waals surface area contributed by atoms with Gasteiger partial charge >= 0.3 is 12.1 Å². The van der Waals surface area contributed by atoms with Crippen LogP contribution in [0.4, 0.5) is 4.79 Å². The summed E-state index contributed by atoms with van der Waals surface area (Å²) in [6.45, 7) is 8.82. The van der Waals surface area contributed by atoms with Crippen LogP contribution in [0, 0.1) is 5.92 Å². The van der Waals surface area contributed by atoms with Gasteiger partial charge in [0.2, 0.25) is 5.91 Å². The summed E-state index contributed by atoms with van der Waals surface area (Å²) in [5.74, 6) is -1.18. The number of ether oxygens (including phenoxy) is 2. The number of alkyl carbamates (subject to hydrolysis) is 1. The van der Waals surface area contributed by atoms with Gasteiger partial charge in [-0.3, -0.25) is 4.79 Å². The molecule has 7 nitrogen and oxygen atoms in total. The van der Waals surface area contributed by atoms with Gasteiger partial charge < -0.3 is 20.1 Å². The number of hydrogen-bond donors (Lipinski definition) is 2. The van der Waals surface area contributed by atoms with Crippen LogP contribution in [0.3, 0.4) is 0 Å². The summed E-state index contributed by atoms with van der Waals surface area (Å²) in [5.41, 5.74) is 0.178. The molecule has 2 atom stereocenters. The zero-order valence-corrected chi connectivity index (χ0v) is 16.9. The largest absolute Gasteiger partial charge is 0.467 e. The van der Waals surface area contributed by atoms with Gasteiger partial charge in [0.05, 0.1) is 7.11 Å². The van der Waals surface area contributed by atoms with E-state index in [1.807, 2.05) is 30.3 Å². The van der Waals surface area contributed by atoms with Gasteiger partial charge in [0, 0.05) is 6.42 Å². The Hall–Kier alpha value is -2.57. The SMILES string of the molecule is COC(=O)[C@@H](NC(=O)[C@H](Cc1ccccc1)NC(=O)OC(C)(C)C)C(C)C. The lowest BCUT2D eigenvalue weighted by Gasteiger charge is -2.26. The van der Waals surface area contributed by atoms with Crippen LogP contribution in [0.2, 0.25) is 0 Å². The summed E-state index contributed by atoms with van der Waals surface area (Å²) in [4.78, 5) is 36.9. The minimum absolute atomic E-state index is 0.166. The molecule has 0 saturated carbocycles. The summed E-state index contributed by atoms with van der Waals surface area (Å²) in [7, 11) is 1.27. The highest BCUT2D eigenvalue weighted by molar-refractivity contribution is 5.90. The predicted octanol–water partition coefficient (Wildman–Crippen LogP) is 2.44. The van der Waals surface area contributed by atoms with Crippen molar-refractivity contribution in [3.63, 3.8) is 0 Å². The number of carbonyl (C=O) groups is 3. The standard InChI is InChI=1S/C20H30N2O5/c1-13(2)16(18(24)26-6)22-17(23)15(12-14-10-8-7-9-11-14)21-19(25)27-20(3,4)5/h7-11,13,15-16H,12H2,1-6H3,(H,21,25)(H,22,23)/t15-,16-/m0/s1. The quantitative estimate of drug-likeness (QED) is 0.711. The molecule has 1 aromatic rings. The van der Waals surface area contributed by atoms with Crippen molar-refractivity contribution in [3.8, 4) is 0 Å². The number of methoxy groups -OCH3 is 1. The van der Waals surface area contributed by atoms with Gasteiger partial charge in [0.15, 0.2) is 0 Å². The first-order valence-corrected chi connectivity index (χ1v) is 8.95. The van der Waals surface area contributed by atoms with E-state index >= 15 is 0 Å². The zero-order valence-electron chi connectivity index (χ0n) is 16.9. The van der Waals surface area contributed by atoms with Crippen LogP contribution in [0.5, 0.6) is 0 Å². The maximum Gasteiger partial charge on any atom is 0.408 e. The molecule has 0 bridgehead atoms. The molecule has 0 fully saturated rings. The van der Waals surface area contributed by atoms with Crippen LogP contribution in [0.25, 0.3) is 0 Å². The van der Waals surface area contributed by atoms with Crippen molar-refractivity contribution >= 4 is 18.0 Å². The minimum Gasteiger partial charge on any atom is -0.467 e. The molecule has 0 spiro atoms. The van der Waals surface area contributed by atoms with E-state index < -0.39 is 35.7 Å². The summed E-state index contributed by atoms with van der Waals surface area (Å²) in [6, 6.07) is 7.58. The average Bonchev–Trinajstić information content (AvgIpc) is 2.57. The summed E-state index contributed by atoms with van der Waals surface area (Å²) in [5, 5.41) is 5.27. The first kappa shape index (κ1) is 22.5. The lowest BCUT2D eigenvalue weighted by Crippen LogP contribution is -2.54. The van der Waals surface area contributed by atoms with Crippen molar-refractivity contribution in [1.29, 1.82) is 0 Å². The molecule has 7 heteroatoms. The Labute approximate surface area is 160 Å². The Bertz CT molecular complexity index is 638. The molecule has 27 heavy (non-hydrogen) atoms. The molecule has 1 rings (SSSR count). The first-order valence-electron chi connectivity index (χ1n) is 8.95. The monoisotopic (exact) mass is 378 g/mol. The van der Waals surface area contributed by atoms with E-state index in [0.29, 0.717) is 0 Å². The summed E-state index contributed by atoms with van der Waals surface area (Å²) < 4.78 is 10.0. The number of benzene rings is 1. The lowest BCUT2D eigenvalue weighted by molar-refractivity contribution is -0.146. The van der Waals surface area contributed by atoms with Crippen LogP contribution >= 0.6 is 0 Å². The molecule has 0 radical (unpaired) electrons. The molecule has 150 valence electrons. The zero-order chi connectivity index (χ0) is 20.6. The smallest absolute Gasteiger partial charge is 0.408 e. The molecule has 2 amide bonds. The van der Waals surface area contributed by atoms with Crippen molar-refractivity contribution in [1.82, 2.24) is 10.6 Å². The Balaban J connectivity index is 2.95. The lowest BCUT2D eigenvalue weighted by atomic mass is 10.0. The van der Waals surface area contributed by atoms with E-state index in [1.54, 1.807) is 34.6 Å². The second-order valence-electron chi connectivity index (χ2n) is 7.64. The second-order valence-corrected chi connectivity index (χ2v) is 7.64. The van der Waals surface area contributed by atoms with Gasteiger partial charge in [0.25, 0.3) is 0 Å². The third-order valence-corrected chi connectivity index (χ3v) is 3.71. The highest BCUT2D eigenvalue weighted by Gasteiger charge is 2.30. The first-order chi connectivity index (χ1) is 12.5. The Morgan fingerprint density at radius 3 is 2.11 bits per heavy atom. The van der Waals surface area contributed by atoms with Gasteiger partial charge in [-0.2, -0.15) is 0 Å². The molecule has 0 heterocycles. The second kappa shape index (κ2) is 9.94. The third kappa shape index (κ3) is 8.11. The molecule has 0 unspecified atom stereocenters. The van der Waals surface area contributed by atoms with Crippen molar-refractivity contribution in [2.45, 2.75) is 58.7 Å². The number of esters is 1. The number of nitrogens with one attached hydrogen (secondary N) is 2. The maximum atomic E-state index is 12.8. The molecule has 2 N–H and O–H groups in total. The summed E-state index contributed by atoms with van der Waals surface area (Å²) >= 11 is 0. The van der Waals surface area contributed by atoms with E-state index in [4.69, 9.17) is 9.47 Å². The maximum absolute atomic E-state index is 12.8.